The zero-order valence-electron chi connectivity index (χ0n) is 18.3. The standard InChI is InChI=1S/C25H22FN7O/c26-17-5-1-4-16(14-17)21-8-3-13-32(21)24-10-9-23-28-15-22(33(23)31-24)20-7-2-6-18(29-20)19-11-12-27-25(34)30-19/h1-2,4-7,9-12,14,21-22H,3,8,13,15H2,(H,27,30,34). The fourth-order valence-electron chi connectivity index (χ4n) is 4.81. The molecule has 170 valence electrons. The lowest BCUT2D eigenvalue weighted by molar-refractivity contribution is 0.337. The Hall–Kier alpha value is -4.14. The molecule has 0 spiro atoms. The summed E-state index contributed by atoms with van der Waals surface area (Å²) in [4.78, 5) is 29.7. The first-order valence-electron chi connectivity index (χ1n) is 11.3. The van der Waals surface area contributed by atoms with E-state index in [1.807, 2.05) is 41.4 Å². The molecule has 1 fully saturated rings. The molecule has 1 aromatic carbocycles. The van der Waals surface area contributed by atoms with Crippen molar-refractivity contribution in [1.82, 2.24) is 24.9 Å². The second-order valence-corrected chi connectivity index (χ2v) is 8.49. The number of fused-ring (bicyclic) bond motifs is 1. The van der Waals surface area contributed by atoms with Crippen molar-refractivity contribution in [1.29, 1.82) is 0 Å². The molecule has 3 aliphatic rings. The first-order valence-corrected chi connectivity index (χ1v) is 11.3. The molecule has 0 radical (unpaired) electrons. The van der Waals surface area contributed by atoms with Crippen LogP contribution in [-0.4, -0.2) is 49.6 Å². The Bertz CT molecular complexity index is 1400. The van der Waals surface area contributed by atoms with Crippen LogP contribution in [0.2, 0.25) is 0 Å². The minimum absolute atomic E-state index is 0.0867. The van der Waals surface area contributed by atoms with Gasteiger partial charge in [-0.05, 0) is 60.9 Å². The quantitative estimate of drug-likeness (QED) is 0.654. The second-order valence-electron chi connectivity index (χ2n) is 8.49. The van der Waals surface area contributed by atoms with Crippen molar-refractivity contribution in [2.24, 2.45) is 10.1 Å². The van der Waals surface area contributed by atoms with Crippen LogP contribution in [0.4, 0.5) is 4.39 Å². The predicted octanol–water partition coefficient (Wildman–Crippen LogP) is 3.45. The molecule has 0 bridgehead atoms. The zero-order chi connectivity index (χ0) is 23.1. The summed E-state index contributed by atoms with van der Waals surface area (Å²) in [5.41, 5.74) is 2.64. The smallest absolute Gasteiger partial charge is 0.345 e. The zero-order valence-corrected chi connectivity index (χ0v) is 18.3. The van der Waals surface area contributed by atoms with Crippen LogP contribution in [0, 0.1) is 5.82 Å². The third-order valence-electron chi connectivity index (χ3n) is 6.39. The number of hydrogen-bond acceptors (Lipinski definition) is 7. The molecule has 0 amide bonds. The molecule has 6 rings (SSSR count). The number of benzene rings is 1. The molecule has 2 atom stereocenters. The first-order chi connectivity index (χ1) is 16.7. The number of likely N-dealkylation sites (tertiary alicyclic amines) is 1. The number of rotatable bonds is 3. The molecule has 3 aromatic rings. The number of pyridine rings is 1. The largest absolute Gasteiger partial charge is 0.348 e. The maximum atomic E-state index is 13.9. The monoisotopic (exact) mass is 455 g/mol. The van der Waals surface area contributed by atoms with Gasteiger partial charge in [0, 0.05) is 12.7 Å². The number of H-pyrrole nitrogens is 1. The van der Waals surface area contributed by atoms with Crippen LogP contribution in [0.25, 0.3) is 11.4 Å². The SMILES string of the molecule is O=c1nccc(-c2cccc(C3CN=C4C=CC(N5CCCC5c5cccc(F)c5)=NN43)n2)[nH]1. The molecular weight excluding hydrogens is 433 g/mol. The Morgan fingerprint density at radius 1 is 1.03 bits per heavy atom. The summed E-state index contributed by atoms with van der Waals surface area (Å²) in [5.74, 6) is 1.41. The van der Waals surface area contributed by atoms with Gasteiger partial charge in [0.15, 0.2) is 0 Å². The van der Waals surface area contributed by atoms with E-state index in [0.29, 0.717) is 17.9 Å². The van der Waals surface area contributed by atoms with Gasteiger partial charge in [-0.1, -0.05) is 18.2 Å². The number of aromatic nitrogens is 3. The molecule has 2 aromatic heterocycles. The van der Waals surface area contributed by atoms with E-state index in [2.05, 4.69) is 19.9 Å². The predicted molar refractivity (Wildman–Crippen MR) is 127 cm³/mol. The minimum atomic E-state index is -0.412. The van der Waals surface area contributed by atoms with Crippen molar-refractivity contribution in [3.05, 3.63) is 94.4 Å². The number of aliphatic imine (C=N–C) groups is 1. The Morgan fingerprint density at radius 2 is 1.91 bits per heavy atom. The lowest BCUT2D eigenvalue weighted by Gasteiger charge is -2.31. The molecule has 2 unspecified atom stereocenters. The number of halogens is 1. The molecule has 3 aliphatic heterocycles. The highest BCUT2D eigenvalue weighted by Gasteiger charge is 2.35. The van der Waals surface area contributed by atoms with Crippen molar-refractivity contribution < 1.29 is 4.39 Å². The van der Waals surface area contributed by atoms with Crippen LogP contribution in [0.5, 0.6) is 0 Å². The van der Waals surface area contributed by atoms with Gasteiger partial charge in [-0.15, -0.1) is 0 Å². The number of nitrogens with one attached hydrogen (secondary N) is 1. The highest BCUT2D eigenvalue weighted by molar-refractivity contribution is 6.06. The Kier molecular flexibility index (Phi) is 5.01. The van der Waals surface area contributed by atoms with Gasteiger partial charge in [-0.25, -0.2) is 24.2 Å². The molecule has 34 heavy (non-hydrogen) atoms. The van der Waals surface area contributed by atoms with E-state index in [0.717, 1.165) is 42.3 Å². The molecule has 0 saturated carbocycles. The van der Waals surface area contributed by atoms with Gasteiger partial charge in [-0.3, -0.25) is 4.99 Å². The summed E-state index contributed by atoms with van der Waals surface area (Å²) in [6.07, 6.45) is 7.41. The van der Waals surface area contributed by atoms with Crippen LogP contribution in [0.3, 0.4) is 0 Å². The average Bonchev–Trinajstić information content (AvgIpc) is 3.51. The van der Waals surface area contributed by atoms with Gasteiger partial charge < -0.3 is 9.88 Å². The van der Waals surface area contributed by atoms with Gasteiger partial charge in [-0.2, -0.15) is 5.10 Å². The lowest BCUT2D eigenvalue weighted by Crippen LogP contribution is -2.36. The second kappa shape index (κ2) is 8.33. The Morgan fingerprint density at radius 3 is 2.79 bits per heavy atom. The maximum Gasteiger partial charge on any atom is 0.345 e. The summed E-state index contributed by atoms with van der Waals surface area (Å²) in [6.45, 7) is 1.39. The van der Waals surface area contributed by atoms with Gasteiger partial charge in [0.25, 0.3) is 0 Å². The fraction of sp³-hybridized carbons (Fsp3) is 0.240. The lowest BCUT2D eigenvalue weighted by atomic mass is 10.0. The minimum Gasteiger partial charge on any atom is -0.348 e. The number of hydrogen-bond donors (Lipinski definition) is 1. The summed E-state index contributed by atoms with van der Waals surface area (Å²) < 4.78 is 13.9. The number of aromatic amines is 1. The van der Waals surface area contributed by atoms with Crippen molar-refractivity contribution in [2.45, 2.75) is 24.9 Å². The van der Waals surface area contributed by atoms with E-state index < -0.39 is 5.69 Å². The Balaban J connectivity index is 1.30. The van der Waals surface area contributed by atoms with Crippen molar-refractivity contribution in [3.8, 4) is 11.4 Å². The summed E-state index contributed by atoms with van der Waals surface area (Å²) in [7, 11) is 0. The topological polar surface area (TPSA) is 89.8 Å². The third kappa shape index (κ3) is 3.68. The summed E-state index contributed by atoms with van der Waals surface area (Å²) in [6, 6.07) is 14.2. The number of nitrogens with zero attached hydrogens (tertiary/aromatic N) is 6. The highest BCUT2D eigenvalue weighted by Crippen LogP contribution is 2.35. The summed E-state index contributed by atoms with van der Waals surface area (Å²) >= 11 is 0. The van der Waals surface area contributed by atoms with E-state index in [1.165, 1.54) is 12.3 Å². The fourth-order valence-corrected chi connectivity index (χ4v) is 4.81. The van der Waals surface area contributed by atoms with E-state index in [-0.39, 0.29) is 17.9 Å². The van der Waals surface area contributed by atoms with Crippen molar-refractivity contribution >= 4 is 11.7 Å². The van der Waals surface area contributed by atoms with Crippen molar-refractivity contribution in [2.75, 3.05) is 13.1 Å². The average molecular weight is 455 g/mol. The van der Waals surface area contributed by atoms with Crippen LogP contribution < -0.4 is 5.69 Å². The number of hydrazone groups is 1. The van der Waals surface area contributed by atoms with Crippen LogP contribution in [0.1, 0.15) is 36.2 Å². The van der Waals surface area contributed by atoms with E-state index in [9.17, 15) is 9.18 Å². The van der Waals surface area contributed by atoms with Crippen LogP contribution in [-0.2, 0) is 0 Å². The molecule has 9 heteroatoms. The molecule has 1 N–H and O–H groups in total. The van der Waals surface area contributed by atoms with Gasteiger partial charge >= 0.3 is 5.69 Å². The van der Waals surface area contributed by atoms with Crippen molar-refractivity contribution in [3.63, 3.8) is 0 Å². The molecular formula is C25H22FN7O. The maximum absolute atomic E-state index is 13.9. The van der Waals surface area contributed by atoms with E-state index in [4.69, 9.17) is 10.1 Å². The molecule has 1 saturated heterocycles. The molecule has 0 aliphatic carbocycles. The molecule has 8 nitrogen and oxygen atoms in total. The van der Waals surface area contributed by atoms with Crippen LogP contribution >= 0.6 is 0 Å². The Labute approximate surface area is 195 Å². The van der Waals surface area contributed by atoms with Gasteiger partial charge in [0.1, 0.15) is 23.5 Å². The normalized spacial score (nSPS) is 21.4. The highest BCUT2D eigenvalue weighted by atomic mass is 19.1. The van der Waals surface area contributed by atoms with E-state index in [1.54, 1.807) is 18.2 Å². The number of amidine groups is 2. The van der Waals surface area contributed by atoms with Crippen LogP contribution in [0.15, 0.2) is 81.8 Å². The van der Waals surface area contributed by atoms with E-state index >= 15 is 0 Å². The van der Waals surface area contributed by atoms with Gasteiger partial charge in [0.2, 0.25) is 0 Å². The first kappa shape index (κ1) is 20.5. The van der Waals surface area contributed by atoms with Gasteiger partial charge in [0.05, 0.1) is 29.7 Å². The molecule has 5 heterocycles. The summed E-state index contributed by atoms with van der Waals surface area (Å²) in [5, 5.41) is 6.87. The third-order valence-corrected chi connectivity index (χ3v) is 6.39.